The summed E-state index contributed by atoms with van der Waals surface area (Å²) in [5, 5.41) is 19.2. The molecule has 1 atom stereocenters. The predicted octanol–water partition coefficient (Wildman–Crippen LogP) is 1.93. The van der Waals surface area contributed by atoms with Crippen molar-refractivity contribution in [3.63, 3.8) is 0 Å². The van der Waals surface area contributed by atoms with Crippen LogP contribution in [0.3, 0.4) is 0 Å². The van der Waals surface area contributed by atoms with Crippen molar-refractivity contribution in [2.75, 3.05) is 13.6 Å². The Morgan fingerprint density at radius 1 is 1.28 bits per heavy atom. The summed E-state index contributed by atoms with van der Waals surface area (Å²) in [4.78, 5) is 13.3. The van der Waals surface area contributed by atoms with E-state index in [1.54, 1.807) is 19.2 Å². The van der Waals surface area contributed by atoms with Gasteiger partial charge in [-0.25, -0.2) is 0 Å². The maximum Gasteiger partial charge on any atom is 0.222 e. The summed E-state index contributed by atoms with van der Waals surface area (Å²) in [5.74, 6) is 0.504. The van der Waals surface area contributed by atoms with E-state index in [4.69, 9.17) is 5.11 Å². The van der Waals surface area contributed by atoms with Gasteiger partial charge < -0.3 is 15.1 Å². The average molecular weight is 251 g/mol. The third kappa shape index (κ3) is 4.37. The topological polar surface area (TPSA) is 60.8 Å². The highest BCUT2D eigenvalue weighted by Crippen LogP contribution is 2.18. The average Bonchev–Trinajstić information content (AvgIpc) is 2.28. The minimum absolute atomic E-state index is 0.0304. The zero-order valence-corrected chi connectivity index (χ0v) is 11.1. The minimum Gasteiger partial charge on any atom is -0.508 e. The molecule has 1 amide bonds. The Balaban J connectivity index is 2.56. The SMILES string of the molecule is CC(C)CC(=O)N(C)CC(O)c1ccc(O)cc1. The Labute approximate surface area is 108 Å². The molecule has 1 aromatic rings. The van der Waals surface area contributed by atoms with Crippen LogP contribution < -0.4 is 0 Å². The molecule has 2 N–H and O–H groups in total. The predicted molar refractivity (Wildman–Crippen MR) is 70.2 cm³/mol. The highest BCUT2D eigenvalue weighted by Gasteiger charge is 2.15. The Hall–Kier alpha value is -1.55. The van der Waals surface area contributed by atoms with E-state index in [-0.39, 0.29) is 18.2 Å². The molecule has 1 rings (SSSR count). The minimum atomic E-state index is -0.730. The molecule has 0 bridgehead atoms. The number of benzene rings is 1. The summed E-state index contributed by atoms with van der Waals surface area (Å²) in [7, 11) is 1.69. The van der Waals surface area contributed by atoms with Crippen LogP contribution in [-0.4, -0.2) is 34.6 Å². The zero-order chi connectivity index (χ0) is 13.7. The Morgan fingerprint density at radius 3 is 2.33 bits per heavy atom. The molecule has 4 heteroatoms. The van der Waals surface area contributed by atoms with Crippen molar-refractivity contribution in [1.29, 1.82) is 0 Å². The highest BCUT2D eigenvalue weighted by atomic mass is 16.3. The lowest BCUT2D eigenvalue weighted by Gasteiger charge is -2.22. The monoisotopic (exact) mass is 251 g/mol. The number of aliphatic hydroxyl groups is 1. The van der Waals surface area contributed by atoms with Crippen molar-refractivity contribution in [3.8, 4) is 5.75 Å². The maximum atomic E-state index is 11.7. The fraction of sp³-hybridized carbons (Fsp3) is 0.500. The molecule has 0 aliphatic carbocycles. The van der Waals surface area contributed by atoms with Gasteiger partial charge >= 0.3 is 0 Å². The molecule has 0 aliphatic heterocycles. The largest absolute Gasteiger partial charge is 0.508 e. The van der Waals surface area contributed by atoms with Gasteiger partial charge in [-0.3, -0.25) is 4.79 Å². The summed E-state index contributed by atoms with van der Waals surface area (Å²) in [6, 6.07) is 6.35. The molecule has 0 radical (unpaired) electrons. The van der Waals surface area contributed by atoms with Gasteiger partial charge in [-0.05, 0) is 23.6 Å². The van der Waals surface area contributed by atoms with Crippen molar-refractivity contribution in [2.45, 2.75) is 26.4 Å². The maximum absolute atomic E-state index is 11.7. The molecular weight excluding hydrogens is 230 g/mol. The standard InChI is InChI=1S/C14H21NO3/c1-10(2)8-14(18)15(3)9-13(17)11-4-6-12(16)7-5-11/h4-7,10,13,16-17H,8-9H2,1-3H3. The highest BCUT2D eigenvalue weighted by molar-refractivity contribution is 5.76. The second-order valence-corrected chi connectivity index (χ2v) is 4.98. The molecule has 0 aliphatic rings. The molecule has 0 aromatic heterocycles. The van der Waals surface area contributed by atoms with Crippen LogP contribution in [0.25, 0.3) is 0 Å². The molecular formula is C14H21NO3. The first-order chi connectivity index (χ1) is 8.40. The Kier molecular flexibility index (Phi) is 5.16. The van der Waals surface area contributed by atoms with Gasteiger partial charge in [-0.2, -0.15) is 0 Å². The third-order valence-corrected chi connectivity index (χ3v) is 2.73. The van der Waals surface area contributed by atoms with Crippen molar-refractivity contribution in [2.24, 2.45) is 5.92 Å². The van der Waals surface area contributed by atoms with Crippen molar-refractivity contribution in [3.05, 3.63) is 29.8 Å². The van der Waals surface area contributed by atoms with Gasteiger partial charge in [-0.15, -0.1) is 0 Å². The van der Waals surface area contributed by atoms with Gasteiger partial charge in [0.1, 0.15) is 5.75 Å². The molecule has 0 fully saturated rings. The van der Waals surface area contributed by atoms with Crippen molar-refractivity contribution >= 4 is 5.91 Å². The number of likely N-dealkylation sites (N-methyl/N-ethyl adjacent to an activating group) is 1. The number of carbonyl (C=O) groups is 1. The molecule has 0 saturated carbocycles. The summed E-state index contributed by atoms with van der Waals surface area (Å²) in [6.07, 6.45) is -0.245. The molecule has 1 unspecified atom stereocenters. The van der Waals surface area contributed by atoms with Crippen molar-refractivity contribution in [1.82, 2.24) is 4.90 Å². The van der Waals surface area contributed by atoms with E-state index < -0.39 is 6.10 Å². The number of aromatic hydroxyl groups is 1. The molecule has 0 spiro atoms. The van der Waals surface area contributed by atoms with E-state index in [0.717, 1.165) is 0 Å². The van der Waals surface area contributed by atoms with Gasteiger partial charge in [0, 0.05) is 13.5 Å². The summed E-state index contributed by atoms with van der Waals surface area (Å²) in [5.41, 5.74) is 0.692. The molecule has 100 valence electrons. The molecule has 0 heterocycles. The summed E-state index contributed by atoms with van der Waals surface area (Å²) in [6.45, 7) is 4.24. The van der Waals surface area contributed by atoms with Crippen LogP contribution in [0.5, 0.6) is 5.75 Å². The van der Waals surface area contributed by atoms with Crippen LogP contribution in [0.4, 0.5) is 0 Å². The van der Waals surface area contributed by atoms with E-state index >= 15 is 0 Å². The molecule has 0 saturated heterocycles. The van der Waals surface area contributed by atoms with E-state index in [9.17, 15) is 9.90 Å². The second kappa shape index (κ2) is 6.40. The molecule has 1 aromatic carbocycles. The van der Waals surface area contributed by atoms with E-state index in [1.807, 2.05) is 13.8 Å². The number of amides is 1. The third-order valence-electron chi connectivity index (χ3n) is 2.73. The zero-order valence-electron chi connectivity index (χ0n) is 11.1. The summed E-state index contributed by atoms with van der Waals surface area (Å²) >= 11 is 0. The first-order valence-electron chi connectivity index (χ1n) is 6.11. The van der Waals surface area contributed by atoms with Crippen LogP contribution in [0, 0.1) is 5.92 Å². The molecule has 4 nitrogen and oxygen atoms in total. The van der Waals surface area contributed by atoms with Gasteiger partial charge in [0.05, 0.1) is 12.6 Å². The smallest absolute Gasteiger partial charge is 0.222 e. The molecule has 18 heavy (non-hydrogen) atoms. The van der Waals surface area contributed by atoms with Crippen LogP contribution in [0.2, 0.25) is 0 Å². The first-order valence-corrected chi connectivity index (χ1v) is 6.11. The number of phenols is 1. The Morgan fingerprint density at radius 2 is 1.83 bits per heavy atom. The second-order valence-electron chi connectivity index (χ2n) is 4.98. The fourth-order valence-electron chi connectivity index (χ4n) is 1.67. The van der Waals surface area contributed by atoms with Gasteiger partial charge in [0.2, 0.25) is 5.91 Å². The van der Waals surface area contributed by atoms with E-state index in [0.29, 0.717) is 17.9 Å². The first kappa shape index (κ1) is 14.5. The lowest BCUT2D eigenvalue weighted by molar-refractivity contribution is -0.132. The van der Waals surface area contributed by atoms with Gasteiger partial charge in [0.15, 0.2) is 0 Å². The number of hydrogen-bond acceptors (Lipinski definition) is 3. The van der Waals surface area contributed by atoms with Crippen LogP contribution in [-0.2, 0) is 4.79 Å². The summed E-state index contributed by atoms with van der Waals surface area (Å²) < 4.78 is 0. The quantitative estimate of drug-likeness (QED) is 0.840. The number of carbonyl (C=O) groups excluding carboxylic acids is 1. The van der Waals surface area contributed by atoms with Crippen LogP contribution in [0.1, 0.15) is 31.9 Å². The van der Waals surface area contributed by atoms with Gasteiger partial charge in [0.25, 0.3) is 0 Å². The number of rotatable bonds is 5. The van der Waals surface area contributed by atoms with E-state index in [1.165, 1.54) is 17.0 Å². The number of hydrogen-bond donors (Lipinski definition) is 2. The number of aliphatic hydroxyl groups excluding tert-OH is 1. The van der Waals surface area contributed by atoms with Crippen LogP contribution >= 0.6 is 0 Å². The van der Waals surface area contributed by atoms with Crippen LogP contribution in [0.15, 0.2) is 24.3 Å². The van der Waals surface area contributed by atoms with Crippen molar-refractivity contribution < 1.29 is 15.0 Å². The lowest BCUT2D eigenvalue weighted by atomic mass is 10.1. The van der Waals surface area contributed by atoms with Gasteiger partial charge in [-0.1, -0.05) is 26.0 Å². The number of phenolic OH excluding ortho intramolecular Hbond substituents is 1. The number of nitrogens with zero attached hydrogens (tertiary/aromatic N) is 1. The lowest BCUT2D eigenvalue weighted by Crippen LogP contribution is -2.31. The fourth-order valence-corrected chi connectivity index (χ4v) is 1.67. The normalized spacial score (nSPS) is 12.5. The van der Waals surface area contributed by atoms with E-state index in [2.05, 4.69) is 0 Å². The Bertz CT molecular complexity index is 387.